The highest BCUT2D eigenvalue weighted by molar-refractivity contribution is 7.89. The fourth-order valence-electron chi connectivity index (χ4n) is 2.78. The summed E-state index contributed by atoms with van der Waals surface area (Å²) in [4.78, 5) is 12.7. The Labute approximate surface area is 162 Å². The van der Waals surface area contributed by atoms with E-state index in [9.17, 15) is 13.2 Å². The monoisotopic (exact) mass is 403 g/mol. The lowest BCUT2D eigenvalue weighted by Gasteiger charge is -2.19. The highest BCUT2D eigenvalue weighted by Gasteiger charge is 2.26. The lowest BCUT2D eigenvalue weighted by Crippen LogP contribution is -2.35. The first kappa shape index (κ1) is 19.8. The molecular formula is C18H21N5O4S. The summed E-state index contributed by atoms with van der Waals surface area (Å²) in [6.07, 6.45) is 3.20. The number of nitrogens with two attached hydrogens (primary N) is 1. The summed E-state index contributed by atoms with van der Waals surface area (Å²) in [5, 5.41) is 16.1. The van der Waals surface area contributed by atoms with Crippen molar-refractivity contribution in [1.82, 2.24) is 20.3 Å². The molecule has 0 aliphatic rings. The van der Waals surface area contributed by atoms with Gasteiger partial charge in [0, 0.05) is 5.56 Å². The van der Waals surface area contributed by atoms with Crippen molar-refractivity contribution in [3.63, 3.8) is 0 Å². The molecule has 9 nitrogen and oxygen atoms in total. The van der Waals surface area contributed by atoms with Gasteiger partial charge in [0.15, 0.2) is 0 Å². The third-order valence-electron chi connectivity index (χ3n) is 4.19. The predicted octanol–water partition coefficient (Wildman–Crippen LogP) is 1.70. The normalized spacial score (nSPS) is 12.9. The molecule has 0 radical (unpaired) electrons. The van der Waals surface area contributed by atoms with Gasteiger partial charge >= 0.3 is 0 Å². The van der Waals surface area contributed by atoms with Gasteiger partial charge in [-0.2, -0.15) is 0 Å². The van der Waals surface area contributed by atoms with E-state index in [4.69, 9.17) is 9.56 Å². The zero-order valence-electron chi connectivity index (χ0n) is 15.4. The fraction of sp³-hybridized carbons (Fsp3) is 0.278. The topological polar surface area (TPSA) is 133 Å². The highest BCUT2D eigenvalue weighted by Crippen LogP contribution is 2.22. The van der Waals surface area contributed by atoms with Crippen molar-refractivity contribution in [2.45, 2.75) is 31.3 Å². The van der Waals surface area contributed by atoms with Gasteiger partial charge in [-0.15, -0.1) is 5.10 Å². The van der Waals surface area contributed by atoms with Crippen LogP contribution in [0.1, 0.15) is 25.6 Å². The molecule has 1 aromatic carbocycles. The van der Waals surface area contributed by atoms with E-state index in [1.54, 1.807) is 36.7 Å². The largest absolute Gasteiger partial charge is 0.467 e. The molecule has 3 aromatic rings. The maximum absolute atomic E-state index is 12.7. The SMILES string of the molecule is CC(C)[C@H](C(=O)NCc1ccco1)n1cc(-c2ccc(S(N)(=O)=O)cc2)nn1. The summed E-state index contributed by atoms with van der Waals surface area (Å²) < 4.78 is 29.5. The first-order valence-electron chi connectivity index (χ1n) is 8.61. The number of nitrogens with zero attached hydrogens (tertiary/aromatic N) is 3. The van der Waals surface area contributed by atoms with Crippen LogP contribution in [0.4, 0.5) is 0 Å². The molecule has 1 atom stereocenters. The number of sulfonamides is 1. The highest BCUT2D eigenvalue weighted by atomic mass is 32.2. The molecule has 0 spiro atoms. The summed E-state index contributed by atoms with van der Waals surface area (Å²) in [7, 11) is -3.76. The number of amides is 1. The molecule has 2 heterocycles. The quantitative estimate of drug-likeness (QED) is 0.617. The number of carbonyl (C=O) groups excluding carboxylic acids is 1. The molecule has 0 saturated carbocycles. The minimum Gasteiger partial charge on any atom is -0.467 e. The number of nitrogens with one attached hydrogen (secondary N) is 1. The Morgan fingerprint density at radius 1 is 1.25 bits per heavy atom. The van der Waals surface area contributed by atoms with Crippen LogP contribution in [-0.4, -0.2) is 29.3 Å². The van der Waals surface area contributed by atoms with Crippen LogP contribution in [0.3, 0.4) is 0 Å². The third-order valence-corrected chi connectivity index (χ3v) is 5.12. The summed E-state index contributed by atoms with van der Waals surface area (Å²) >= 11 is 0. The number of rotatable bonds is 7. The first-order valence-corrected chi connectivity index (χ1v) is 10.2. The number of benzene rings is 1. The van der Waals surface area contributed by atoms with Crippen LogP contribution in [0, 0.1) is 5.92 Å². The van der Waals surface area contributed by atoms with Gasteiger partial charge in [0.1, 0.15) is 17.5 Å². The number of hydrogen-bond donors (Lipinski definition) is 2. The van der Waals surface area contributed by atoms with Crippen LogP contribution >= 0.6 is 0 Å². The van der Waals surface area contributed by atoms with E-state index in [2.05, 4.69) is 15.6 Å². The van der Waals surface area contributed by atoms with Crippen molar-refractivity contribution in [3.8, 4) is 11.3 Å². The number of carbonyl (C=O) groups is 1. The zero-order chi connectivity index (χ0) is 20.3. The molecule has 10 heteroatoms. The molecule has 2 aromatic heterocycles. The van der Waals surface area contributed by atoms with E-state index in [1.165, 1.54) is 16.8 Å². The van der Waals surface area contributed by atoms with Gasteiger partial charge in [-0.1, -0.05) is 31.2 Å². The van der Waals surface area contributed by atoms with Crippen LogP contribution in [-0.2, 0) is 21.4 Å². The molecule has 1 amide bonds. The molecule has 0 bridgehead atoms. The maximum Gasteiger partial charge on any atom is 0.245 e. The van der Waals surface area contributed by atoms with Gasteiger partial charge in [-0.3, -0.25) is 4.79 Å². The molecule has 148 valence electrons. The second-order valence-electron chi connectivity index (χ2n) is 6.64. The summed E-state index contributed by atoms with van der Waals surface area (Å²) in [5.41, 5.74) is 1.18. The predicted molar refractivity (Wildman–Crippen MR) is 101 cm³/mol. The molecule has 0 aliphatic carbocycles. The summed E-state index contributed by atoms with van der Waals surface area (Å²) in [6.45, 7) is 4.12. The Bertz CT molecular complexity index is 1040. The van der Waals surface area contributed by atoms with E-state index >= 15 is 0 Å². The van der Waals surface area contributed by atoms with E-state index in [1.807, 2.05) is 13.8 Å². The zero-order valence-corrected chi connectivity index (χ0v) is 16.3. The number of aromatic nitrogens is 3. The minimum atomic E-state index is -3.76. The van der Waals surface area contributed by atoms with E-state index < -0.39 is 16.1 Å². The molecule has 0 saturated heterocycles. The van der Waals surface area contributed by atoms with Gasteiger partial charge in [0.25, 0.3) is 0 Å². The Morgan fingerprint density at radius 3 is 2.54 bits per heavy atom. The standard InChI is InChI=1S/C18H21N5O4S/c1-12(2)17(18(24)20-10-14-4-3-9-27-14)23-11-16(21-22-23)13-5-7-15(8-6-13)28(19,25)26/h3-9,11-12,17H,10H2,1-2H3,(H,20,24)(H2,19,25,26)/t17-/m1/s1. The van der Waals surface area contributed by atoms with Crippen LogP contribution in [0.5, 0.6) is 0 Å². The second kappa shape index (κ2) is 7.95. The molecule has 28 heavy (non-hydrogen) atoms. The van der Waals surface area contributed by atoms with Gasteiger partial charge in [0.05, 0.1) is 23.9 Å². The number of furan rings is 1. The minimum absolute atomic E-state index is 0.0148. The smallest absolute Gasteiger partial charge is 0.245 e. The third kappa shape index (κ3) is 4.46. The summed E-state index contributed by atoms with van der Waals surface area (Å²) in [6, 6.07) is 8.97. The number of primary sulfonamides is 1. The average Bonchev–Trinajstić information content (AvgIpc) is 3.31. The van der Waals surface area contributed by atoms with Gasteiger partial charge < -0.3 is 9.73 Å². The second-order valence-corrected chi connectivity index (χ2v) is 8.20. The van der Waals surface area contributed by atoms with Crippen molar-refractivity contribution < 1.29 is 17.6 Å². The van der Waals surface area contributed by atoms with E-state index in [0.29, 0.717) is 17.0 Å². The van der Waals surface area contributed by atoms with Crippen molar-refractivity contribution in [2.24, 2.45) is 11.1 Å². The molecule has 0 unspecified atom stereocenters. The van der Waals surface area contributed by atoms with Gasteiger partial charge in [-0.05, 0) is 30.2 Å². The Kier molecular flexibility index (Phi) is 5.61. The van der Waals surface area contributed by atoms with Gasteiger partial charge in [0.2, 0.25) is 15.9 Å². The first-order chi connectivity index (χ1) is 13.3. The van der Waals surface area contributed by atoms with E-state index in [-0.39, 0.29) is 23.3 Å². The van der Waals surface area contributed by atoms with Crippen LogP contribution in [0.2, 0.25) is 0 Å². The van der Waals surface area contributed by atoms with Gasteiger partial charge in [-0.25, -0.2) is 18.2 Å². The van der Waals surface area contributed by atoms with Crippen LogP contribution < -0.4 is 10.5 Å². The fourth-order valence-corrected chi connectivity index (χ4v) is 3.30. The van der Waals surface area contributed by atoms with Crippen molar-refractivity contribution in [3.05, 3.63) is 54.6 Å². The Balaban J connectivity index is 1.78. The average molecular weight is 403 g/mol. The lowest BCUT2D eigenvalue weighted by molar-refractivity contribution is -0.126. The lowest BCUT2D eigenvalue weighted by atomic mass is 10.0. The van der Waals surface area contributed by atoms with E-state index in [0.717, 1.165) is 0 Å². The molecule has 0 aliphatic heterocycles. The molecular weight excluding hydrogens is 382 g/mol. The van der Waals surface area contributed by atoms with Crippen molar-refractivity contribution in [1.29, 1.82) is 0 Å². The number of hydrogen-bond acceptors (Lipinski definition) is 6. The summed E-state index contributed by atoms with van der Waals surface area (Å²) in [5.74, 6) is 0.424. The molecule has 3 N–H and O–H groups in total. The molecule has 3 rings (SSSR count). The Morgan fingerprint density at radius 2 is 1.96 bits per heavy atom. The van der Waals surface area contributed by atoms with Crippen LogP contribution in [0.25, 0.3) is 11.3 Å². The molecule has 0 fully saturated rings. The van der Waals surface area contributed by atoms with Crippen molar-refractivity contribution >= 4 is 15.9 Å². The van der Waals surface area contributed by atoms with Crippen LogP contribution in [0.15, 0.2) is 58.2 Å². The maximum atomic E-state index is 12.7. The van der Waals surface area contributed by atoms with Crippen molar-refractivity contribution in [2.75, 3.05) is 0 Å². The Hall–Kier alpha value is -2.98.